The molecule has 0 unspecified atom stereocenters. The van der Waals surface area contributed by atoms with E-state index in [1.807, 2.05) is 6.07 Å². The Morgan fingerprint density at radius 3 is 2.53 bits per heavy atom. The molecular formula is C23H29N3O5S. The van der Waals surface area contributed by atoms with Gasteiger partial charge in [-0.2, -0.15) is 4.31 Å². The van der Waals surface area contributed by atoms with Gasteiger partial charge in [0.25, 0.3) is 0 Å². The number of sulfonamides is 1. The van der Waals surface area contributed by atoms with Crippen LogP contribution in [0.1, 0.15) is 31.2 Å². The highest BCUT2D eigenvalue weighted by Crippen LogP contribution is 2.26. The summed E-state index contributed by atoms with van der Waals surface area (Å²) >= 11 is 0. The summed E-state index contributed by atoms with van der Waals surface area (Å²) in [5.41, 5.74) is 0.814. The van der Waals surface area contributed by atoms with Crippen LogP contribution in [0, 0.1) is 0 Å². The Labute approximate surface area is 189 Å². The van der Waals surface area contributed by atoms with Crippen LogP contribution >= 0.6 is 0 Å². The van der Waals surface area contributed by atoms with Gasteiger partial charge >= 0.3 is 11.8 Å². The summed E-state index contributed by atoms with van der Waals surface area (Å²) in [5, 5.41) is 5.18. The van der Waals surface area contributed by atoms with Crippen LogP contribution in [0.4, 0.5) is 0 Å². The smallest absolute Gasteiger partial charge is 0.309 e. The number of hydrogen-bond acceptors (Lipinski definition) is 5. The lowest BCUT2D eigenvalue weighted by Crippen LogP contribution is -2.46. The van der Waals surface area contributed by atoms with Gasteiger partial charge in [0.05, 0.1) is 12.0 Å². The molecule has 172 valence electrons. The van der Waals surface area contributed by atoms with Crippen molar-refractivity contribution in [2.45, 2.75) is 43.2 Å². The minimum absolute atomic E-state index is 0.204. The predicted molar refractivity (Wildman–Crippen MR) is 120 cm³/mol. The molecule has 1 fully saturated rings. The zero-order valence-electron chi connectivity index (χ0n) is 18.1. The van der Waals surface area contributed by atoms with Crippen molar-refractivity contribution >= 4 is 21.8 Å². The molecule has 1 saturated heterocycles. The molecule has 1 aliphatic heterocycles. The normalized spacial score (nSPS) is 16.8. The summed E-state index contributed by atoms with van der Waals surface area (Å²) in [6, 6.07) is 15.4. The number of methoxy groups -OCH3 is 1. The lowest BCUT2D eigenvalue weighted by atomic mass is 10.0. The molecule has 2 amide bonds. The van der Waals surface area contributed by atoms with Crippen molar-refractivity contribution in [3.8, 4) is 5.75 Å². The van der Waals surface area contributed by atoms with Gasteiger partial charge in [-0.1, -0.05) is 36.8 Å². The van der Waals surface area contributed by atoms with Crippen LogP contribution in [-0.4, -0.2) is 50.8 Å². The highest BCUT2D eigenvalue weighted by molar-refractivity contribution is 7.89. The van der Waals surface area contributed by atoms with Gasteiger partial charge in [-0.15, -0.1) is 0 Å². The molecule has 2 aromatic rings. The van der Waals surface area contributed by atoms with E-state index in [-0.39, 0.29) is 24.0 Å². The molecule has 0 aliphatic carbocycles. The van der Waals surface area contributed by atoms with E-state index in [2.05, 4.69) is 10.6 Å². The van der Waals surface area contributed by atoms with E-state index in [1.54, 1.807) is 55.6 Å². The monoisotopic (exact) mass is 459 g/mol. The molecule has 0 bridgehead atoms. The number of rotatable bonds is 8. The Morgan fingerprint density at radius 2 is 1.78 bits per heavy atom. The Hall–Kier alpha value is -2.91. The van der Waals surface area contributed by atoms with E-state index in [4.69, 9.17) is 4.74 Å². The lowest BCUT2D eigenvalue weighted by molar-refractivity contribution is -0.139. The van der Waals surface area contributed by atoms with Crippen LogP contribution in [0.2, 0.25) is 0 Å². The van der Waals surface area contributed by atoms with E-state index < -0.39 is 21.8 Å². The largest absolute Gasteiger partial charge is 0.497 e. The average Bonchev–Trinajstić information content (AvgIpc) is 2.83. The van der Waals surface area contributed by atoms with Gasteiger partial charge in [0.15, 0.2) is 0 Å². The van der Waals surface area contributed by atoms with Gasteiger partial charge in [0.2, 0.25) is 10.0 Å². The van der Waals surface area contributed by atoms with E-state index in [1.165, 1.54) is 4.31 Å². The van der Waals surface area contributed by atoms with Crippen molar-refractivity contribution < 1.29 is 22.7 Å². The third-order valence-corrected chi connectivity index (χ3v) is 7.45. The molecule has 3 rings (SSSR count). The molecule has 0 radical (unpaired) electrons. The number of nitrogens with one attached hydrogen (secondary N) is 2. The first kappa shape index (κ1) is 23.7. The van der Waals surface area contributed by atoms with Gasteiger partial charge in [-0.25, -0.2) is 8.42 Å². The molecule has 8 nitrogen and oxygen atoms in total. The topological polar surface area (TPSA) is 105 Å². The second-order valence-corrected chi connectivity index (χ2v) is 9.55. The first-order chi connectivity index (χ1) is 15.4. The molecule has 2 N–H and O–H groups in total. The number of benzene rings is 2. The second-order valence-electron chi connectivity index (χ2n) is 7.66. The van der Waals surface area contributed by atoms with E-state index in [0.717, 1.165) is 24.8 Å². The zero-order valence-corrected chi connectivity index (χ0v) is 18.9. The third-order valence-electron chi connectivity index (χ3n) is 5.48. The predicted octanol–water partition coefficient (Wildman–Crippen LogP) is 2.06. The van der Waals surface area contributed by atoms with Crippen LogP contribution in [0.3, 0.4) is 0 Å². The summed E-state index contributed by atoms with van der Waals surface area (Å²) in [7, 11) is -2.03. The summed E-state index contributed by atoms with van der Waals surface area (Å²) in [6.07, 6.45) is 2.91. The van der Waals surface area contributed by atoms with Crippen molar-refractivity contribution in [1.29, 1.82) is 0 Å². The fraction of sp³-hybridized carbons (Fsp3) is 0.391. The maximum absolute atomic E-state index is 13.0. The zero-order chi connectivity index (χ0) is 23.0. The molecule has 0 saturated carbocycles. The average molecular weight is 460 g/mol. The number of carbonyl (C=O) groups is 2. The van der Waals surface area contributed by atoms with E-state index in [0.29, 0.717) is 18.7 Å². The maximum Gasteiger partial charge on any atom is 0.309 e. The van der Waals surface area contributed by atoms with Crippen LogP contribution in [0.25, 0.3) is 0 Å². The van der Waals surface area contributed by atoms with E-state index in [9.17, 15) is 18.0 Å². The highest BCUT2D eigenvalue weighted by Gasteiger charge is 2.33. The Bertz CT molecular complexity index is 1030. The molecule has 1 heterocycles. The van der Waals surface area contributed by atoms with Crippen LogP contribution < -0.4 is 15.4 Å². The number of hydrogen-bond donors (Lipinski definition) is 2. The third kappa shape index (κ3) is 6.08. The quantitative estimate of drug-likeness (QED) is 0.588. The number of amides is 2. The van der Waals surface area contributed by atoms with Gasteiger partial charge in [-0.3, -0.25) is 9.59 Å². The van der Waals surface area contributed by atoms with Crippen LogP contribution in [-0.2, 0) is 26.2 Å². The number of carbonyl (C=O) groups excluding carboxylic acids is 2. The Morgan fingerprint density at radius 1 is 1.03 bits per heavy atom. The first-order valence-electron chi connectivity index (χ1n) is 10.7. The van der Waals surface area contributed by atoms with Gasteiger partial charge in [0, 0.05) is 25.7 Å². The van der Waals surface area contributed by atoms with E-state index >= 15 is 0 Å². The van der Waals surface area contributed by atoms with Crippen molar-refractivity contribution in [2.75, 3.05) is 20.2 Å². The SMILES string of the molecule is COc1cccc(CNC(=O)C(=O)NCC[C@@H]2CCCCN2S(=O)(=O)c2ccccc2)c1. The minimum Gasteiger partial charge on any atom is -0.497 e. The molecular weight excluding hydrogens is 430 g/mol. The Balaban J connectivity index is 1.50. The molecule has 0 spiro atoms. The first-order valence-corrected chi connectivity index (χ1v) is 12.1. The summed E-state index contributed by atoms with van der Waals surface area (Å²) in [5.74, 6) is -0.796. The number of ether oxygens (including phenoxy) is 1. The summed E-state index contributed by atoms with van der Waals surface area (Å²) in [4.78, 5) is 24.5. The molecule has 2 aromatic carbocycles. The van der Waals surface area contributed by atoms with Crippen LogP contribution in [0.15, 0.2) is 59.5 Å². The molecule has 0 aromatic heterocycles. The van der Waals surface area contributed by atoms with Crippen molar-refractivity contribution in [1.82, 2.24) is 14.9 Å². The minimum atomic E-state index is -3.59. The van der Waals surface area contributed by atoms with Crippen LogP contribution in [0.5, 0.6) is 5.75 Å². The standard InChI is InChI=1S/C23H29N3O5S/c1-31-20-10-7-8-18(16-20)17-25-23(28)22(27)24-14-13-19-9-5-6-15-26(19)32(29,30)21-11-3-2-4-12-21/h2-4,7-8,10-12,16,19H,5-6,9,13-15,17H2,1H3,(H,24,27)(H,25,28)/t19-/m0/s1. The summed E-state index contributed by atoms with van der Waals surface area (Å²) < 4.78 is 32.7. The molecule has 1 atom stereocenters. The Kier molecular flexibility index (Phi) is 8.24. The van der Waals surface area contributed by atoms with Gasteiger partial charge in [-0.05, 0) is 49.1 Å². The number of piperidine rings is 1. The van der Waals surface area contributed by atoms with Crippen molar-refractivity contribution in [3.63, 3.8) is 0 Å². The fourth-order valence-electron chi connectivity index (χ4n) is 3.78. The van der Waals surface area contributed by atoms with Crippen molar-refractivity contribution in [3.05, 3.63) is 60.2 Å². The second kappa shape index (κ2) is 11.1. The molecule has 9 heteroatoms. The highest BCUT2D eigenvalue weighted by atomic mass is 32.2. The van der Waals surface area contributed by atoms with Crippen molar-refractivity contribution in [2.24, 2.45) is 0 Å². The molecule has 1 aliphatic rings. The lowest BCUT2D eigenvalue weighted by Gasteiger charge is -2.34. The summed E-state index contributed by atoms with van der Waals surface area (Å²) in [6.45, 7) is 0.878. The fourth-order valence-corrected chi connectivity index (χ4v) is 5.53. The van der Waals surface area contributed by atoms with Gasteiger partial charge in [0.1, 0.15) is 5.75 Å². The maximum atomic E-state index is 13.0. The number of nitrogens with zero attached hydrogens (tertiary/aromatic N) is 1. The molecule has 32 heavy (non-hydrogen) atoms. The van der Waals surface area contributed by atoms with Gasteiger partial charge < -0.3 is 15.4 Å².